The van der Waals surface area contributed by atoms with Gasteiger partial charge >= 0.3 is 0 Å². The number of thioether (sulfide) groups is 1. The van der Waals surface area contributed by atoms with Gasteiger partial charge in [0.05, 0.1) is 28.5 Å². The highest BCUT2D eigenvalue weighted by molar-refractivity contribution is 8.00. The standard InChI is InChI=1S/C31H63N9O3S2/c1-22-20-26(37-36-22)33-28-27(43-6)29(40-18-16-39(17-19-40)15-14-38(4)5)35-30(34-28)44-24-9-11-25(12-10-24)45(41,42)31(2,3)23-8-7-13-32-21-23/h22-30,32-37H,7-21H2,1-6H3. The van der Waals surface area contributed by atoms with Crippen molar-refractivity contribution in [3.63, 3.8) is 0 Å². The largest absolute Gasteiger partial charge is 0.375 e. The first-order valence-electron chi connectivity index (χ1n) is 17.5. The van der Waals surface area contributed by atoms with E-state index in [4.69, 9.17) is 4.74 Å². The van der Waals surface area contributed by atoms with Crippen LogP contribution < -0.4 is 32.1 Å². The van der Waals surface area contributed by atoms with Gasteiger partial charge in [-0.3, -0.25) is 31.2 Å². The van der Waals surface area contributed by atoms with E-state index in [0.717, 1.165) is 97.3 Å². The molecular weight excluding hydrogens is 611 g/mol. The van der Waals surface area contributed by atoms with Crippen LogP contribution in [0.4, 0.5) is 0 Å². The van der Waals surface area contributed by atoms with Gasteiger partial charge in [0.1, 0.15) is 11.6 Å². The first kappa shape index (κ1) is 36.2. The lowest BCUT2D eigenvalue weighted by molar-refractivity contribution is -0.0680. The number of methoxy groups -OCH3 is 1. The Hall–Kier alpha value is -0.100. The normalized spacial score (nSPS) is 38.2. The Morgan fingerprint density at radius 3 is 2.36 bits per heavy atom. The average Bonchev–Trinajstić information content (AvgIpc) is 3.44. The van der Waals surface area contributed by atoms with Crippen LogP contribution in [0.1, 0.15) is 65.7 Å². The third kappa shape index (κ3) is 8.93. The number of hydrazine groups is 1. The van der Waals surface area contributed by atoms with E-state index in [1.54, 1.807) is 0 Å². The Kier molecular flexibility index (Phi) is 12.9. The second-order valence-corrected chi connectivity index (χ2v) is 19.1. The fourth-order valence-electron chi connectivity index (χ4n) is 7.96. The van der Waals surface area contributed by atoms with Crippen LogP contribution in [0.2, 0.25) is 0 Å². The fraction of sp³-hybridized carbons (Fsp3) is 1.00. The van der Waals surface area contributed by atoms with Gasteiger partial charge in [0, 0.05) is 57.7 Å². The fourth-order valence-corrected chi connectivity index (χ4v) is 11.8. The first-order chi connectivity index (χ1) is 21.5. The average molecular weight is 674 g/mol. The Labute approximate surface area is 277 Å². The zero-order valence-corrected chi connectivity index (χ0v) is 30.3. The quantitative estimate of drug-likeness (QED) is 0.171. The summed E-state index contributed by atoms with van der Waals surface area (Å²) in [7, 11) is 2.88. The zero-order chi connectivity index (χ0) is 32.2. The molecule has 4 aliphatic heterocycles. The van der Waals surface area contributed by atoms with Crippen LogP contribution in [0.25, 0.3) is 0 Å². The minimum Gasteiger partial charge on any atom is -0.375 e. The van der Waals surface area contributed by atoms with Crippen molar-refractivity contribution in [2.45, 2.75) is 117 Å². The summed E-state index contributed by atoms with van der Waals surface area (Å²) in [6.07, 6.45) is 6.58. The molecule has 45 heavy (non-hydrogen) atoms. The van der Waals surface area contributed by atoms with Gasteiger partial charge in [0.2, 0.25) is 0 Å². The number of piperidine rings is 1. The number of nitrogens with one attached hydrogen (secondary N) is 6. The van der Waals surface area contributed by atoms with Gasteiger partial charge in [0.25, 0.3) is 0 Å². The number of ether oxygens (including phenoxy) is 1. The predicted octanol–water partition coefficient (Wildman–Crippen LogP) is 0.349. The van der Waals surface area contributed by atoms with Crippen molar-refractivity contribution in [1.29, 1.82) is 0 Å². The highest BCUT2D eigenvalue weighted by Crippen LogP contribution is 2.40. The summed E-state index contributed by atoms with van der Waals surface area (Å²) >= 11 is 1.94. The highest BCUT2D eigenvalue weighted by atomic mass is 32.2. The number of likely N-dealkylation sites (N-methyl/N-ethyl adjacent to an activating group) is 1. The predicted molar refractivity (Wildman–Crippen MR) is 185 cm³/mol. The van der Waals surface area contributed by atoms with E-state index in [0.29, 0.717) is 11.3 Å². The van der Waals surface area contributed by atoms with Gasteiger partial charge in [-0.05, 0) is 98.8 Å². The van der Waals surface area contributed by atoms with Crippen LogP contribution in [0.15, 0.2) is 0 Å². The van der Waals surface area contributed by atoms with E-state index in [1.165, 1.54) is 0 Å². The van der Waals surface area contributed by atoms with Crippen molar-refractivity contribution in [2.24, 2.45) is 5.92 Å². The first-order valence-corrected chi connectivity index (χ1v) is 20.0. The molecule has 0 spiro atoms. The van der Waals surface area contributed by atoms with Crippen molar-refractivity contribution < 1.29 is 13.2 Å². The number of piperazine rings is 1. The van der Waals surface area contributed by atoms with Crippen LogP contribution >= 0.6 is 11.8 Å². The molecule has 0 aromatic heterocycles. The van der Waals surface area contributed by atoms with Crippen LogP contribution in [0.5, 0.6) is 0 Å². The van der Waals surface area contributed by atoms with E-state index in [1.807, 2.05) is 32.7 Å². The van der Waals surface area contributed by atoms with E-state index in [2.05, 4.69) is 67.8 Å². The summed E-state index contributed by atoms with van der Waals surface area (Å²) in [6, 6.07) is 0.409. The number of rotatable bonds is 12. The smallest absolute Gasteiger partial charge is 0.158 e. The maximum Gasteiger partial charge on any atom is 0.158 e. The molecule has 14 heteroatoms. The summed E-state index contributed by atoms with van der Waals surface area (Å²) in [5.74, 6) is 0.191. The topological polar surface area (TPSA) is 125 Å². The van der Waals surface area contributed by atoms with Crippen LogP contribution in [-0.2, 0) is 14.6 Å². The molecule has 0 aromatic rings. The second kappa shape index (κ2) is 16.1. The second-order valence-electron chi connectivity index (χ2n) is 14.9. The third-order valence-electron chi connectivity index (χ3n) is 11.1. The molecule has 1 aliphatic carbocycles. The van der Waals surface area contributed by atoms with Crippen molar-refractivity contribution in [1.82, 2.24) is 46.8 Å². The van der Waals surface area contributed by atoms with Gasteiger partial charge in [-0.2, -0.15) is 0 Å². The Morgan fingerprint density at radius 1 is 1.02 bits per heavy atom. The molecule has 262 valence electrons. The molecule has 5 fully saturated rings. The SMILES string of the molecule is COC1C(NC2CC(C)NN2)NC(SC2CCC(S(=O)(=O)C(C)(C)C3CCCNC3)CC2)NC1N1CCN(CCN(C)C)CC1. The molecule has 1 saturated carbocycles. The lowest BCUT2D eigenvalue weighted by atomic mass is 9.88. The molecule has 7 unspecified atom stereocenters. The molecule has 5 aliphatic rings. The summed E-state index contributed by atoms with van der Waals surface area (Å²) in [5.41, 5.74) is 6.79. The van der Waals surface area contributed by atoms with Gasteiger partial charge < -0.3 is 15.0 Å². The summed E-state index contributed by atoms with van der Waals surface area (Å²) in [5, 5.41) is 15.2. The molecule has 12 nitrogen and oxygen atoms in total. The molecule has 7 atom stereocenters. The van der Waals surface area contributed by atoms with Crippen LogP contribution in [0.3, 0.4) is 0 Å². The lowest BCUT2D eigenvalue weighted by Gasteiger charge is -2.50. The van der Waals surface area contributed by atoms with E-state index < -0.39 is 14.6 Å². The molecule has 4 heterocycles. The maximum atomic E-state index is 13.9. The summed E-state index contributed by atoms with van der Waals surface area (Å²) in [4.78, 5) is 7.39. The van der Waals surface area contributed by atoms with Gasteiger partial charge in [-0.15, -0.1) is 11.8 Å². The number of sulfone groups is 1. The maximum absolute atomic E-state index is 13.9. The van der Waals surface area contributed by atoms with E-state index in [-0.39, 0.29) is 41.3 Å². The van der Waals surface area contributed by atoms with Crippen molar-refractivity contribution >= 4 is 21.6 Å². The summed E-state index contributed by atoms with van der Waals surface area (Å²) < 4.78 is 33.4. The Balaban J connectivity index is 1.21. The van der Waals surface area contributed by atoms with Gasteiger partial charge in [-0.1, -0.05) is 0 Å². The number of hydrogen-bond acceptors (Lipinski definition) is 13. The van der Waals surface area contributed by atoms with E-state index in [9.17, 15) is 8.42 Å². The van der Waals surface area contributed by atoms with Gasteiger partial charge in [0.15, 0.2) is 9.84 Å². The monoisotopic (exact) mass is 673 g/mol. The highest BCUT2D eigenvalue weighted by Gasteiger charge is 2.48. The van der Waals surface area contributed by atoms with Crippen molar-refractivity contribution in [3.8, 4) is 0 Å². The minimum atomic E-state index is -3.23. The molecule has 0 aromatic carbocycles. The summed E-state index contributed by atoms with van der Waals surface area (Å²) in [6.45, 7) is 14.3. The molecule has 0 bridgehead atoms. The Bertz CT molecular complexity index is 1020. The van der Waals surface area contributed by atoms with Crippen molar-refractivity contribution in [3.05, 3.63) is 0 Å². The minimum absolute atomic E-state index is 0.0308. The molecular formula is C31H63N9O3S2. The lowest BCUT2D eigenvalue weighted by Crippen LogP contribution is -2.75. The molecule has 5 rings (SSSR count). The molecule has 6 N–H and O–H groups in total. The van der Waals surface area contributed by atoms with E-state index >= 15 is 0 Å². The molecule has 4 saturated heterocycles. The van der Waals surface area contributed by atoms with Crippen LogP contribution in [-0.4, -0.2) is 148 Å². The Morgan fingerprint density at radius 2 is 1.76 bits per heavy atom. The van der Waals surface area contributed by atoms with Gasteiger partial charge in [-0.25, -0.2) is 13.8 Å². The van der Waals surface area contributed by atoms with Crippen LogP contribution in [0, 0.1) is 5.92 Å². The number of hydrogen-bond donors (Lipinski definition) is 6. The number of nitrogens with zero attached hydrogens (tertiary/aromatic N) is 3. The molecule has 0 radical (unpaired) electrons. The van der Waals surface area contributed by atoms with Crippen molar-refractivity contribution in [2.75, 3.05) is 73.6 Å². The zero-order valence-electron chi connectivity index (χ0n) is 28.7. The molecule has 0 amide bonds. The third-order valence-corrected chi connectivity index (χ3v) is 15.7.